The van der Waals surface area contributed by atoms with E-state index >= 15 is 0 Å². The quantitative estimate of drug-likeness (QED) is 0.851. The van der Waals surface area contributed by atoms with E-state index in [1.165, 1.54) is 5.56 Å². The van der Waals surface area contributed by atoms with Crippen molar-refractivity contribution in [2.75, 3.05) is 0 Å². The molecule has 19 heavy (non-hydrogen) atoms. The minimum absolute atomic E-state index is 0.339. The Labute approximate surface area is 115 Å². The smallest absolute Gasteiger partial charge is 0.206 e. The fourth-order valence-corrected chi connectivity index (χ4v) is 3.29. The first kappa shape index (κ1) is 13.8. The minimum Gasteiger partial charge on any atom is -0.219 e. The molecule has 0 bridgehead atoms. The standard InChI is InChI=1S/C16H18O2S/c1-13(2)12-14-8-10-16(11-9-14)19(17,18)15-6-4-3-5-7-15/h3-11,13H,12H2,1-2H3. The van der Waals surface area contributed by atoms with Crippen LogP contribution in [0.4, 0.5) is 0 Å². The largest absolute Gasteiger partial charge is 0.219 e. The van der Waals surface area contributed by atoms with Gasteiger partial charge in [-0.25, -0.2) is 8.42 Å². The lowest BCUT2D eigenvalue weighted by Crippen LogP contribution is -2.02. The number of rotatable bonds is 4. The Bertz CT molecular complexity index is 626. The van der Waals surface area contributed by atoms with E-state index in [-0.39, 0.29) is 0 Å². The second-order valence-electron chi connectivity index (χ2n) is 5.06. The van der Waals surface area contributed by atoms with Crippen LogP contribution in [0.3, 0.4) is 0 Å². The lowest BCUT2D eigenvalue weighted by Gasteiger charge is -2.07. The average molecular weight is 274 g/mol. The van der Waals surface area contributed by atoms with Crippen LogP contribution in [0, 0.1) is 5.92 Å². The summed E-state index contributed by atoms with van der Waals surface area (Å²) in [4.78, 5) is 0.692. The molecule has 2 aromatic rings. The molecule has 3 heteroatoms. The highest BCUT2D eigenvalue weighted by Crippen LogP contribution is 2.21. The Balaban J connectivity index is 2.32. The number of sulfone groups is 1. The van der Waals surface area contributed by atoms with Crippen LogP contribution in [-0.2, 0) is 16.3 Å². The average Bonchev–Trinajstić information content (AvgIpc) is 2.40. The van der Waals surface area contributed by atoms with Crippen molar-refractivity contribution in [3.63, 3.8) is 0 Å². The second-order valence-corrected chi connectivity index (χ2v) is 7.01. The molecule has 0 spiro atoms. The molecule has 0 amide bonds. The number of hydrogen-bond donors (Lipinski definition) is 0. The van der Waals surface area contributed by atoms with E-state index < -0.39 is 9.84 Å². The topological polar surface area (TPSA) is 34.1 Å². The van der Waals surface area contributed by atoms with Crippen molar-refractivity contribution in [2.45, 2.75) is 30.1 Å². The summed E-state index contributed by atoms with van der Waals surface area (Å²) in [6.07, 6.45) is 0.964. The maximum Gasteiger partial charge on any atom is 0.206 e. The molecule has 0 saturated carbocycles. The van der Waals surface area contributed by atoms with Crippen molar-refractivity contribution in [1.82, 2.24) is 0 Å². The van der Waals surface area contributed by atoms with Crippen LogP contribution in [0.25, 0.3) is 0 Å². The zero-order chi connectivity index (χ0) is 13.9. The van der Waals surface area contributed by atoms with Gasteiger partial charge < -0.3 is 0 Å². The normalized spacial score (nSPS) is 11.7. The van der Waals surface area contributed by atoms with Crippen molar-refractivity contribution < 1.29 is 8.42 Å². The van der Waals surface area contributed by atoms with Crippen LogP contribution < -0.4 is 0 Å². The molecule has 0 atom stereocenters. The fraction of sp³-hybridized carbons (Fsp3) is 0.250. The summed E-state index contributed by atoms with van der Waals surface area (Å²) in [6.45, 7) is 4.29. The molecule has 0 N–H and O–H groups in total. The Kier molecular flexibility index (Phi) is 4.05. The van der Waals surface area contributed by atoms with Gasteiger partial charge in [-0.15, -0.1) is 0 Å². The predicted molar refractivity (Wildman–Crippen MR) is 76.9 cm³/mol. The fourth-order valence-electron chi connectivity index (χ4n) is 2.01. The Morgan fingerprint density at radius 2 is 1.37 bits per heavy atom. The molecule has 0 saturated heterocycles. The Hall–Kier alpha value is -1.61. The molecule has 0 aliphatic carbocycles. The van der Waals surface area contributed by atoms with E-state index in [2.05, 4.69) is 13.8 Å². The third kappa shape index (κ3) is 3.24. The molecule has 0 unspecified atom stereocenters. The van der Waals surface area contributed by atoms with Gasteiger partial charge in [-0.1, -0.05) is 44.2 Å². The SMILES string of the molecule is CC(C)Cc1ccc(S(=O)(=O)c2ccccc2)cc1. The Morgan fingerprint density at radius 3 is 1.89 bits per heavy atom. The van der Waals surface area contributed by atoms with Crippen LogP contribution in [0.2, 0.25) is 0 Å². The molecule has 2 rings (SSSR count). The van der Waals surface area contributed by atoms with Crippen molar-refractivity contribution >= 4 is 9.84 Å². The van der Waals surface area contributed by atoms with Gasteiger partial charge in [0, 0.05) is 0 Å². The van der Waals surface area contributed by atoms with Crippen LogP contribution in [-0.4, -0.2) is 8.42 Å². The summed E-state index contributed by atoms with van der Waals surface area (Å²) >= 11 is 0. The zero-order valence-corrected chi connectivity index (χ0v) is 12.0. The van der Waals surface area contributed by atoms with Gasteiger partial charge in [-0.2, -0.15) is 0 Å². The van der Waals surface area contributed by atoms with Crippen molar-refractivity contribution in [3.8, 4) is 0 Å². The van der Waals surface area contributed by atoms with Crippen LogP contribution in [0.5, 0.6) is 0 Å². The monoisotopic (exact) mass is 274 g/mol. The minimum atomic E-state index is -3.38. The third-order valence-electron chi connectivity index (χ3n) is 2.93. The highest BCUT2D eigenvalue weighted by atomic mass is 32.2. The molecule has 0 fully saturated rings. The summed E-state index contributed by atoms with van der Waals surface area (Å²) in [7, 11) is -3.38. The first-order valence-corrected chi connectivity index (χ1v) is 7.87. The van der Waals surface area contributed by atoms with E-state index in [4.69, 9.17) is 0 Å². The molecule has 2 nitrogen and oxygen atoms in total. The van der Waals surface area contributed by atoms with Crippen molar-refractivity contribution in [1.29, 1.82) is 0 Å². The maximum absolute atomic E-state index is 12.4. The molecule has 0 aliphatic heterocycles. The molecular formula is C16H18O2S. The van der Waals surface area contributed by atoms with Crippen LogP contribution in [0.1, 0.15) is 19.4 Å². The van der Waals surface area contributed by atoms with Gasteiger partial charge in [0.25, 0.3) is 0 Å². The molecule has 100 valence electrons. The maximum atomic E-state index is 12.4. The van der Waals surface area contributed by atoms with Crippen molar-refractivity contribution in [2.24, 2.45) is 5.92 Å². The molecule has 0 aliphatic rings. The first-order valence-electron chi connectivity index (χ1n) is 6.39. The van der Waals surface area contributed by atoms with Gasteiger partial charge in [0.15, 0.2) is 0 Å². The molecule has 0 heterocycles. The van der Waals surface area contributed by atoms with Crippen molar-refractivity contribution in [3.05, 3.63) is 60.2 Å². The van der Waals surface area contributed by atoms with Gasteiger partial charge in [0.2, 0.25) is 9.84 Å². The van der Waals surface area contributed by atoms with Gasteiger partial charge in [0.05, 0.1) is 9.79 Å². The van der Waals surface area contributed by atoms with E-state index in [9.17, 15) is 8.42 Å². The van der Waals surface area contributed by atoms with Gasteiger partial charge in [-0.3, -0.25) is 0 Å². The summed E-state index contributed by atoms with van der Waals surface area (Å²) in [5.74, 6) is 0.566. The molecule has 0 radical (unpaired) electrons. The molecule has 2 aromatic carbocycles. The van der Waals surface area contributed by atoms with Gasteiger partial charge in [-0.05, 0) is 42.2 Å². The zero-order valence-electron chi connectivity index (χ0n) is 11.2. The lowest BCUT2D eigenvalue weighted by atomic mass is 10.0. The number of hydrogen-bond acceptors (Lipinski definition) is 2. The first-order chi connectivity index (χ1) is 9.00. The van der Waals surface area contributed by atoms with Crippen LogP contribution in [0.15, 0.2) is 64.4 Å². The summed E-state index contributed by atoms with van der Waals surface area (Å²) < 4.78 is 24.7. The lowest BCUT2D eigenvalue weighted by molar-refractivity contribution is 0.596. The van der Waals surface area contributed by atoms with E-state index in [1.807, 2.05) is 18.2 Å². The summed E-state index contributed by atoms with van der Waals surface area (Å²) in [5, 5.41) is 0. The van der Waals surface area contributed by atoms with Gasteiger partial charge in [0.1, 0.15) is 0 Å². The second kappa shape index (κ2) is 5.57. The predicted octanol–water partition coefficient (Wildman–Crippen LogP) is 3.72. The highest BCUT2D eigenvalue weighted by molar-refractivity contribution is 7.91. The number of benzene rings is 2. The van der Waals surface area contributed by atoms with Gasteiger partial charge >= 0.3 is 0 Å². The molecule has 0 aromatic heterocycles. The summed E-state index contributed by atoms with van der Waals surface area (Å²) in [5.41, 5.74) is 1.17. The third-order valence-corrected chi connectivity index (χ3v) is 4.72. The molecular weight excluding hydrogens is 256 g/mol. The van der Waals surface area contributed by atoms with Crippen LogP contribution >= 0.6 is 0 Å². The highest BCUT2D eigenvalue weighted by Gasteiger charge is 2.16. The van der Waals surface area contributed by atoms with E-state index in [0.717, 1.165) is 6.42 Å². The van der Waals surface area contributed by atoms with E-state index in [0.29, 0.717) is 15.7 Å². The summed E-state index contributed by atoms with van der Waals surface area (Å²) in [6, 6.07) is 15.7. The Morgan fingerprint density at radius 1 is 0.842 bits per heavy atom. The van der Waals surface area contributed by atoms with E-state index in [1.54, 1.807) is 36.4 Å².